The lowest BCUT2D eigenvalue weighted by atomic mass is 10.1. The van der Waals surface area contributed by atoms with Crippen molar-refractivity contribution in [2.45, 2.75) is 129 Å². The molecule has 2 heterocycles. The first-order valence-electron chi connectivity index (χ1n) is 15.4. The van der Waals surface area contributed by atoms with Crippen LogP contribution in [0.3, 0.4) is 0 Å². The number of nitrogens with zero attached hydrogens (tertiary/aromatic N) is 3. The summed E-state index contributed by atoms with van der Waals surface area (Å²) in [6, 6.07) is 10.6. The molecule has 0 aliphatic carbocycles. The first-order chi connectivity index (χ1) is 18.9. The number of fused-ring (bicyclic) bond motifs is 1. The number of aromatic nitrogens is 4. The Hall–Kier alpha value is -2.38. The van der Waals surface area contributed by atoms with E-state index in [4.69, 9.17) is 19.6 Å². The molecular formula is C32H53N5O2. The van der Waals surface area contributed by atoms with Crippen LogP contribution in [0.5, 0.6) is 5.75 Å². The molecule has 2 atom stereocenters. The lowest BCUT2D eigenvalue weighted by molar-refractivity contribution is -0.193. The van der Waals surface area contributed by atoms with Gasteiger partial charge in [-0.2, -0.15) is 4.63 Å². The van der Waals surface area contributed by atoms with Crippen molar-refractivity contribution in [3.05, 3.63) is 47.4 Å². The summed E-state index contributed by atoms with van der Waals surface area (Å²) < 4.78 is 14.4. The molecule has 0 saturated heterocycles. The fourth-order valence-electron chi connectivity index (χ4n) is 4.89. The maximum absolute atomic E-state index is 6.56. The van der Waals surface area contributed by atoms with Crippen molar-refractivity contribution in [2.75, 3.05) is 13.7 Å². The molecule has 2 N–H and O–H groups in total. The van der Waals surface area contributed by atoms with Gasteiger partial charge in [-0.25, -0.2) is 4.98 Å². The number of ether oxygens (including phenoxy) is 2. The molecule has 3 aromatic rings. The highest BCUT2D eigenvalue weighted by Crippen LogP contribution is 2.26. The predicted molar refractivity (Wildman–Crippen MR) is 160 cm³/mol. The number of rotatable bonds is 20. The maximum atomic E-state index is 6.56. The van der Waals surface area contributed by atoms with Gasteiger partial charge in [0.25, 0.3) is 5.91 Å². The molecule has 2 unspecified atom stereocenters. The van der Waals surface area contributed by atoms with Gasteiger partial charge in [0.05, 0.1) is 0 Å². The van der Waals surface area contributed by atoms with Crippen molar-refractivity contribution in [1.29, 1.82) is 0 Å². The Morgan fingerprint density at radius 3 is 2.21 bits per heavy atom. The summed E-state index contributed by atoms with van der Waals surface area (Å²) in [5, 5.41) is 11.7. The van der Waals surface area contributed by atoms with Crippen LogP contribution >= 0.6 is 0 Å². The Kier molecular flexibility index (Phi) is 12.8. The Bertz CT molecular complexity index is 1040. The fraction of sp³-hybridized carbons (Fsp3) is 0.688. The van der Waals surface area contributed by atoms with Crippen LogP contribution in [0.2, 0.25) is 0 Å². The molecule has 0 saturated carbocycles. The minimum absolute atomic E-state index is 0.0916. The Morgan fingerprint density at radius 2 is 1.59 bits per heavy atom. The quantitative estimate of drug-likeness (QED) is 0.112. The van der Waals surface area contributed by atoms with Gasteiger partial charge in [0, 0.05) is 37.8 Å². The van der Waals surface area contributed by atoms with Crippen molar-refractivity contribution in [3.63, 3.8) is 0 Å². The van der Waals surface area contributed by atoms with Gasteiger partial charge in [-0.05, 0) is 42.9 Å². The van der Waals surface area contributed by atoms with Crippen LogP contribution in [-0.4, -0.2) is 39.4 Å². The largest absolute Gasteiger partial charge is 0.449 e. The number of aryl methyl sites for hydroxylation is 1. The van der Waals surface area contributed by atoms with E-state index in [1.54, 1.807) is 11.7 Å². The lowest BCUT2D eigenvalue weighted by Gasteiger charge is -2.34. The summed E-state index contributed by atoms with van der Waals surface area (Å²) in [6.07, 6.45) is 14.4. The maximum Gasteiger partial charge on any atom is 0.270 e. The van der Waals surface area contributed by atoms with E-state index >= 15 is 0 Å². The third-order valence-corrected chi connectivity index (χ3v) is 7.62. The molecule has 2 aromatic heterocycles. The summed E-state index contributed by atoms with van der Waals surface area (Å²) in [6.45, 7) is 11.6. The Morgan fingerprint density at radius 1 is 0.923 bits per heavy atom. The normalized spacial score (nSPS) is 14.2. The zero-order valence-electron chi connectivity index (χ0n) is 25.4. The van der Waals surface area contributed by atoms with Gasteiger partial charge in [0.15, 0.2) is 11.5 Å². The number of unbranched alkanes of at least 4 members (excludes halogenated alkanes) is 8. The van der Waals surface area contributed by atoms with E-state index in [1.165, 1.54) is 63.4 Å². The summed E-state index contributed by atoms with van der Waals surface area (Å²) in [5.41, 5.74) is 3.34. The van der Waals surface area contributed by atoms with Crippen LogP contribution in [0.4, 0.5) is 0 Å². The average molecular weight is 540 g/mol. The second-order valence-electron chi connectivity index (χ2n) is 11.4. The highest BCUT2D eigenvalue weighted by Gasteiger charge is 2.33. The number of aromatic amines is 1. The van der Waals surface area contributed by atoms with E-state index in [9.17, 15) is 0 Å². The Labute approximate surface area is 236 Å². The standard InChI is InChI=1S/C32H53N5O2/c1-7-9-11-12-13-14-15-16-22-32(38-6,39-28-20-18-27(19-21-28)17-10-8-2)33-24-26(5)31-34-30-23-29(25(3)4)35-37(30)36-31/h18-21,23,25-26,33,35H,7-17,22,24H2,1-6H3. The zero-order chi connectivity index (χ0) is 28.1. The molecule has 39 heavy (non-hydrogen) atoms. The van der Waals surface area contributed by atoms with Crippen LogP contribution in [-0.2, 0) is 11.2 Å². The number of hydrogen-bond donors (Lipinski definition) is 2. The van der Waals surface area contributed by atoms with E-state index < -0.39 is 5.91 Å². The molecule has 7 heteroatoms. The third-order valence-electron chi connectivity index (χ3n) is 7.62. The monoisotopic (exact) mass is 539 g/mol. The van der Waals surface area contributed by atoms with Gasteiger partial charge in [-0.15, -0.1) is 5.10 Å². The Balaban J connectivity index is 1.64. The number of nitrogens with one attached hydrogen (secondary N) is 2. The van der Waals surface area contributed by atoms with Gasteiger partial charge in [-0.1, -0.05) is 98.1 Å². The smallest absolute Gasteiger partial charge is 0.270 e. The van der Waals surface area contributed by atoms with Crippen LogP contribution in [0, 0.1) is 0 Å². The van der Waals surface area contributed by atoms with E-state index in [2.05, 4.69) is 75.4 Å². The fourth-order valence-corrected chi connectivity index (χ4v) is 4.89. The highest BCUT2D eigenvalue weighted by molar-refractivity contribution is 5.39. The molecule has 0 aliphatic heterocycles. The first-order valence-corrected chi connectivity index (χ1v) is 15.4. The lowest BCUT2D eigenvalue weighted by Crippen LogP contribution is -2.53. The predicted octanol–water partition coefficient (Wildman–Crippen LogP) is 8.13. The highest BCUT2D eigenvalue weighted by atomic mass is 16.7. The topological polar surface area (TPSA) is 76.5 Å². The van der Waals surface area contributed by atoms with E-state index in [0.29, 0.717) is 12.5 Å². The van der Waals surface area contributed by atoms with Crippen LogP contribution in [0.15, 0.2) is 30.3 Å². The van der Waals surface area contributed by atoms with Gasteiger partial charge < -0.3 is 9.47 Å². The molecule has 0 fully saturated rings. The third kappa shape index (κ3) is 9.64. The molecule has 3 rings (SSSR count). The second-order valence-corrected chi connectivity index (χ2v) is 11.4. The van der Waals surface area contributed by atoms with Crippen molar-refractivity contribution in [3.8, 4) is 5.75 Å². The van der Waals surface area contributed by atoms with Crippen molar-refractivity contribution in [1.82, 2.24) is 25.1 Å². The van der Waals surface area contributed by atoms with Crippen LogP contribution in [0.25, 0.3) is 5.65 Å². The minimum Gasteiger partial charge on any atom is -0.449 e. The van der Waals surface area contributed by atoms with E-state index in [0.717, 1.165) is 42.2 Å². The zero-order valence-corrected chi connectivity index (χ0v) is 25.4. The first kappa shape index (κ1) is 31.2. The summed E-state index contributed by atoms with van der Waals surface area (Å²) in [4.78, 5) is 4.78. The molecule has 0 bridgehead atoms. The SMILES string of the molecule is CCCCCCCCCCC(NCC(C)c1nc2cc(C(C)C)[nH]n2n1)(OC)Oc1ccc(CCCC)cc1. The summed E-state index contributed by atoms with van der Waals surface area (Å²) in [7, 11) is 1.74. The van der Waals surface area contributed by atoms with Gasteiger partial charge in [-0.3, -0.25) is 10.4 Å². The number of hydrogen-bond acceptors (Lipinski definition) is 5. The van der Waals surface area contributed by atoms with E-state index in [1.807, 2.05) is 0 Å². The molecule has 0 radical (unpaired) electrons. The van der Waals surface area contributed by atoms with E-state index in [-0.39, 0.29) is 5.92 Å². The molecule has 0 aliphatic rings. The summed E-state index contributed by atoms with van der Waals surface area (Å²) >= 11 is 0. The summed E-state index contributed by atoms with van der Waals surface area (Å²) in [5.74, 6) is 1.24. The van der Waals surface area contributed by atoms with Crippen LogP contribution in [0.1, 0.15) is 134 Å². The average Bonchev–Trinajstić information content (AvgIpc) is 3.53. The van der Waals surface area contributed by atoms with Crippen molar-refractivity contribution >= 4 is 5.65 Å². The van der Waals surface area contributed by atoms with Crippen molar-refractivity contribution in [2.24, 2.45) is 0 Å². The van der Waals surface area contributed by atoms with Gasteiger partial charge in [0.1, 0.15) is 5.75 Å². The van der Waals surface area contributed by atoms with Crippen LogP contribution < -0.4 is 10.1 Å². The second kappa shape index (κ2) is 16.0. The van der Waals surface area contributed by atoms with Gasteiger partial charge >= 0.3 is 0 Å². The molecule has 1 aromatic carbocycles. The number of H-pyrrole nitrogens is 1. The molecule has 0 amide bonds. The van der Waals surface area contributed by atoms with Crippen molar-refractivity contribution < 1.29 is 9.47 Å². The molecule has 0 spiro atoms. The number of benzene rings is 1. The number of methoxy groups -OCH3 is 1. The molecular weight excluding hydrogens is 486 g/mol. The van der Waals surface area contributed by atoms with Gasteiger partial charge in [0.2, 0.25) is 0 Å². The minimum atomic E-state index is -0.896. The molecule has 7 nitrogen and oxygen atoms in total. The molecule has 218 valence electrons.